The molecule has 2 fully saturated rings. The van der Waals surface area contributed by atoms with Gasteiger partial charge in [0.1, 0.15) is 0 Å². The molecule has 0 unspecified atom stereocenters. The van der Waals surface area contributed by atoms with Crippen LogP contribution in [0, 0.1) is 5.92 Å². The van der Waals surface area contributed by atoms with Gasteiger partial charge in [-0.3, -0.25) is 9.80 Å². The van der Waals surface area contributed by atoms with E-state index in [9.17, 15) is 0 Å². The van der Waals surface area contributed by atoms with Crippen LogP contribution in [-0.4, -0.2) is 29.4 Å². The van der Waals surface area contributed by atoms with E-state index >= 15 is 0 Å². The molecule has 2 aliphatic rings. The highest BCUT2D eigenvalue weighted by Crippen LogP contribution is 2.42. The fraction of sp³-hybridized carbons (Fsp3) is 0.400. The van der Waals surface area contributed by atoms with Crippen molar-refractivity contribution in [1.82, 2.24) is 9.80 Å². The van der Waals surface area contributed by atoms with Crippen LogP contribution in [0.2, 0.25) is 10.0 Å². The Morgan fingerprint density at radius 1 is 0.735 bits per heavy atom. The largest absolute Gasteiger partial charge is 0.299 e. The molecule has 0 atom stereocenters. The van der Waals surface area contributed by atoms with E-state index < -0.39 is 0 Å². The van der Waals surface area contributed by atoms with Crippen LogP contribution >= 0.6 is 23.2 Å². The number of halogens is 2. The molecule has 4 heteroatoms. The van der Waals surface area contributed by atoms with Gasteiger partial charge in [0, 0.05) is 36.2 Å². The average molecular weight is 494 g/mol. The topological polar surface area (TPSA) is 6.48 Å². The van der Waals surface area contributed by atoms with Gasteiger partial charge in [0.05, 0.1) is 0 Å². The van der Waals surface area contributed by atoms with E-state index in [0.717, 1.165) is 42.1 Å². The fourth-order valence-electron chi connectivity index (χ4n) is 5.59. The highest BCUT2D eigenvalue weighted by Gasteiger charge is 2.31. The zero-order valence-corrected chi connectivity index (χ0v) is 21.3. The fourth-order valence-corrected chi connectivity index (χ4v) is 6.01. The smallest absolute Gasteiger partial charge is 0.0409 e. The second kappa shape index (κ2) is 11.3. The van der Waals surface area contributed by atoms with Crippen molar-refractivity contribution in [2.45, 2.75) is 51.2 Å². The second-order valence-electron chi connectivity index (χ2n) is 10.2. The summed E-state index contributed by atoms with van der Waals surface area (Å²) in [6.07, 6.45) is 5.25. The zero-order chi connectivity index (χ0) is 23.3. The van der Waals surface area contributed by atoms with Crippen LogP contribution in [0.15, 0.2) is 72.8 Å². The maximum absolute atomic E-state index is 6.26. The molecule has 1 saturated carbocycles. The van der Waals surface area contributed by atoms with Crippen molar-refractivity contribution in [3.8, 4) is 0 Å². The molecule has 178 valence electrons. The van der Waals surface area contributed by atoms with Crippen molar-refractivity contribution < 1.29 is 0 Å². The highest BCUT2D eigenvalue weighted by molar-refractivity contribution is 6.30. The van der Waals surface area contributed by atoms with E-state index in [-0.39, 0.29) is 0 Å². The van der Waals surface area contributed by atoms with Gasteiger partial charge in [-0.25, -0.2) is 0 Å². The van der Waals surface area contributed by atoms with Gasteiger partial charge in [-0.15, -0.1) is 0 Å². The molecule has 1 aliphatic heterocycles. The van der Waals surface area contributed by atoms with Crippen molar-refractivity contribution in [1.29, 1.82) is 0 Å². The van der Waals surface area contributed by atoms with Gasteiger partial charge in [0.2, 0.25) is 0 Å². The Bertz CT molecular complexity index is 1020. The summed E-state index contributed by atoms with van der Waals surface area (Å²) >= 11 is 12.5. The lowest BCUT2D eigenvalue weighted by Crippen LogP contribution is -2.35. The molecule has 3 aromatic rings. The summed E-state index contributed by atoms with van der Waals surface area (Å²) in [4.78, 5) is 5.13. The molecule has 1 aliphatic carbocycles. The lowest BCUT2D eigenvalue weighted by atomic mass is 9.71. The number of hydrogen-bond donors (Lipinski definition) is 0. The molecule has 34 heavy (non-hydrogen) atoms. The third kappa shape index (κ3) is 6.43. The standard InChI is InChI=1S/C30H34Cl2N2/c31-29-7-3-5-24(17-29)20-34(21-25-6-4-8-30(32)18-25)22-26-15-28(16-26)27-11-9-23(10-12-27)19-33-13-1-2-14-33/h3-12,17-18,26,28H,1-2,13-16,19-22H2/t26-,28-. The second-order valence-corrected chi connectivity index (χ2v) is 11.1. The molecule has 0 spiro atoms. The predicted octanol–water partition coefficient (Wildman–Crippen LogP) is 7.79. The Morgan fingerprint density at radius 2 is 1.32 bits per heavy atom. The Kier molecular flexibility index (Phi) is 7.91. The minimum Gasteiger partial charge on any atom is -0.299 e. The minimum atomic E-state index is 0.699. The average Bonchev–Trinajstić information content (AvgIpc) is 3.30. The Labute approximate surface area is 214 Å². The van der Waals surface area contributed by atoms with Crippen molar-refractivity contribution in [3.63, 3.8) is 0 Å². The molecule has 0 aromatic heterocycles. The maximum atomic E-state index is 6.26. The summed E-state index contributed by atoms with van der Waals surface area (Å²) in [6.45, 7) is 6.52. The molecule has 1 heterocycles. The minimum absolute atomic E-state index is 0.699. The number of benzene rings is 3. The molecular weight excluding hydrogens is 459 g/mol. The van der Waals surface area contributed by atoms with Crippen molar-refractivity contribution >= 4 is 23.2 Å². The Morgan fingerprint density at radius 3 is 1.88 bits per heavy atom. The number of nitrogens with zero attached hydrogens (tertiary/aromatic N) is 2. The Hall–Kier alpha value is -1.84. The van der Waals surface area contributed by atoms with Gasteiger partial charge in [-0.2, -0.15) is 0 Å². The number of hydrogen-bond acceptors (Lipinski definition) is 2. The van der Waals surface area contributed by atoms with E-state index in [2.05, 4.69) is 58.3 Å². The van der Waals surface area contributed by atoms with Crippen LogP contribution in [0.3, 0.4) is 0 Å². The summed E-state index contributed by atoms with van der Waals surface area (Å²) in [5.41, 5.74) is 5.49. The molecular formula is C30H34Cl2N2. The first kappa shape index (κ1) is 23.9. The third-order valence-corrected chi connectivity index (χ3v) is 7.87. The van der Waals surface area contributed by atoms with Gasteiger partial charge >= 0.3 is 0 Å². The van der Waals surface area contributed by atoms with Gasteiger partial charge < -0.3 is 0 Å². The molecule has 5 rings (SSSR count). The maximum Gasteiger partial charge on any atom is 0.0409 e. The third-order valence-electron chi connectivity index (χ3n) is 7.40. The first-order chi connectivity index (χ1) is 16.6. The van der Waals surface area contributed by atoms with Crippen LogP contribution in [0.5, 0.6) is 0 Å². The summed E-state index contributed by atoms with van der Waals surface area (Å²) in [5, 5.41) is 1.61. The van der Waals surface area contributed by atoms with Crippen LogP contribution in [-0.2, 0) is 19.6 Å². The van der Waals surface area contributed by atoms with E-state index in [4.69, 9.17) is 23.2 Å². The number of rotatable bonds is 9. The summed E-state index contributed by atoms with van der Waals surface area (Å²) < 4.78 is 0. The molecule has 0 amide bonds. The molecule has 3 aromatic carbocycles. The zero-order valence-electron chi connectivity index (χ0n) is 19.8. The molecule has 0 N–H and O–H groups in total. The van der Waals surface area contributed by atoms with Gasteiger partial charge in [-0.05, 0) is 97.1 Å². The van der Waals surface area contributed by atoms with E-state index in [0.29, 0.717) is 5.92 Å². The van der Waals surface area contributed by atoms with Crippen LogP contribution in [0.4, 0.5) is 0 Å². The van der Waals surface area contributed by atoms with Crippen LogP contribution < -0.4 is 0 Å². The van der Waals surface area contributed by atoms with Crippen LogP contribution in [0.25, 0.3) is 0 Å². The summed E-state index contributed by atoms with van der Waals surface area (Å²) in [5.74, 6) is 1.43. The van der Waals surface area contributed by atoms with Crippen molar-refractivity contribution in [2.24, 2.45) is 5.92 Å². The quantitative estimate of drug-likeness (QED) is 0.300. The molecule has 1 saturated heterocycles. The first-order valence-electron chi connectivity index (χ1n) is 12.6. The monoisotopic (exact) mass is 492 g/mol. The van der Waals surface area contributed by atoms with Gasteiger partial charge in [-0.1, -0.05) is 71.7 Å². The van der Waals surface area contributed by atoms with E-state index in [1.807, 2.05) is 24.3 Å². The van der Waals surface area contributed by atoms with Crippen molar-refractivity contribution in [2.75, 3.05) is 19.6 Å². The number of likely N-dealkylation sites (tertiary alicyclic amines) is 1. The normalized spacial score (nSPS) is 20.6. The van der Waals surface area contributed by atoms with Crippen LogP contribution in [0.1, 0.15) is 53.9 Å². The highest BCUT2D eigenvalue weighted by atomic mass is 35.5. The summed E-state index contributed by atoms with van der Waals surface area (Å²) in [6, 6.07) is 25.9. The lowest BCUT2D eigenvalue weighted by molar-refractivity contribution is 0.147. The lowest BCUT2D eigenvalue weighted by Gasteiger charge is -2.39. The molecule has 2 nitrogen and oxygen atoms in total. The van der Waals surface area contributed by atoms with E-state index in [1.165, 1.54) is 61.0 Å². The van der Waals surface area contributed by atoms with E-state index in [1.54, 1.807) is 0 Å². The molecule has 0 radical (unpaired) electrons. The molecule has 0 bridgehead atoms. The summed E-state index contributed by atoms with van der Waals surface area (Å²) in [7, 11) is 0. The Balaban J connectivity index is 1.18. The van der Waals surface area contributed by atoms with Gasteiger partial charge in [0.25, 0.3) is 0 Å². The first-order valence-corrected chi connectivity index (χ1v) is 13.4. The van der Waals surface area contributed by atoms with Crippen molar-refractivity contribution in [3.05, 3.63) is 105 Å². The predicted molar refractivity (Wildman–Crippen MR) is 143 cm³/mol. The van der Waals surface area contributed by atoms with Gasteiger partial charge in [0.15, 0.2) is 0 Å². The SMILES string of the molecule is Clc1cccc(CN(Cc2cccc(Cl)c2)C[C@H]2C[C@H](c3ccc(CN4CCCC4)cc3)C2)c1.